The molecule has 6 heteroatoms. The van der Waals surface area contributed by atoms with Gasteiger partial charge in [0.15, 0.2) is 0 Å². The van der Waals surface area contributed by atoms with E-state index in [1.165, 1.54) is 12.3 Å². The number of aromatic carboxylic acids is 1. The zero-order valence-corrected chi connectivity index (χ0v) is 9.73. The molecule has 0 fully saturated rings. The van der Waals surface area contributed by atoms with Crippen LogP contribution in [-0.4, -0.2) is 28.1 Å². The van der Waals surface area contributed by atoms with Crippen LogP contribution >= 0.6 is 0 Å². The maximum Gasteiger partial charge on any atom is 0.354 e. The second-order valence-corrected chi connectivity index (χ2v) is 3.84. The molecule has 0 saturated carbocycles. The molecule has 0 aliphatic carbocycles. The highest BCUT2D eigenvalue weighted by Gasteiger charge is 2.05. The van der Waals surface area contributed by atoms with Crippen molar-refractivity contribution < 1.29 is 14.7 Å². The lowest BCUT2D eigenvalue weighted by Crippen LogP contribution is -2.39. The summed E-state index contributed by atoms with van der Waals surface area (Å²) < 4.78 is 0. The Kier molecular flexibility index (Phi) is 4.45. The van der Waals surface area contributed by atoms with E-state index in [0.29, 0.717) is 6.54 Å². The highest BCUT2D eigenvalue weighted by Crippen LogP contribution is 1.99. The van der Waals surface area contributed by atoms with Crippen LogP contribution in [0.2, 0.25) is 0 Å². The molecule has 0 bridgehead atoms. The van der Waals surface area contributed by atoms with Gasteiger partial charge in [-0.25, -0.2) is 14.6 Å². The van der Waals surface area contributed by atoms with Crippen molar-refractivity contribution in [2.75, 3.05) is 0 Å². The zero-order chi connectivity index (χ0) is 12.8. The van der Waals surface area contributed by atoms with Crippen LogP contribution in [0.1, 0.15) is 29.9 Å². The molecular weight excluding hydrogens is 222 g/mol. The van der Waals surface area contributed by atoms with Crippen molar-refractivity contribution in [3.63, 3.8) is 0 Å². The third kappa shape index (κ3) is 4.50. The highest BCUT2D eigenvalue weighted by atomic mass is 16.4. The topological polar surface area (TPSA) is 91.3 Å². The number of pyridine rings is 1. The normalized spacial score (nSPS) is 10.1. The molecule has 1 aromatic rings. The third-order valence-electron chi connectivity index (χ3n) is 1.92. The van der Waals surface area contributed by atoms with E-state index in [2.05, 4.69) is 15.6 Å². The molecule has 1 heterocycles. The fourth-order valence-corrected chi connectivity index (χ4v) is 1.15. The van der Waals surface area contributed by atoms with Gasteiger partial charge in [-0.15, -0.1) is 0 Å². The third-order valence-corrected chi connectivity index (χ3v) is 1.92. The Labute approximate surface area is 99.1 Å². The Balaban J connectivity index is 2.47. The van der Waals surface area contributed by atoms with Crippen molar-refractivity contribution in [1.82, 2.24) is 15.6 Å². The summed E-state index contributed by atoms with van der Waals surface area (Å²) in [4.78, 5) is 25.6. The summed E-state index contributed by atoms with van der Waals surface area (Å²) in [5.74, 6) is -1.07. The average Bonchev–Trinajstić information content (AvgIpc) is 2.26. The van der Waals surface area contributed by atoms with Gasteiger partial charge < -0.3 is 15.7 Å². The average molecular weight is 237 g/mol. The van der Waals surface area contributed by atoms with E-state index >= 15 is 0 Å². The second kappa shape index (κ2) is 5.83. The summed E-state index contributed by atoms with van der Waals surface area (Å²) >= 11 is 0. The number of carbonyl (C=O) groups is 2. The fraction of sp³-hybridized carbons (Fsp3) is 0.364. The maximum atomic E-state index is 11.3. The van der Waals surface area contributed by atoms with E-state index in [-0.39, 0.29) is 17.8 Å². The molecular formula is C11H15N3O3. The molecule has 17 heavy (non-hydrogen) atoms. The number of carboxylic acid groups (broad SMARTS) is 1. The molecule has 0 aliphatic rings. The monoisotopic (exact) mass is 237 g/mol. The molecule has 0 spiro atoms. The summed E-state index contributed by atoms with van der Waals surface area (Å²) in [6.45, 7) is 4.04. The standard InChI is InChI=1S/C11H15N3O3/c1-7(2)14-11(17)13-6-8-3-4-9(10(15)16)12-5-8/h3-5,7H,6H2,1-2H3,(H,15,16)(H2,13,14,17). The van der Waals surface area contributed by atoms with E-state index in [9.17, 15) is 9.59 Å². The minimum absolute atomic E-state index is 0.0135. The number of carboxylic acids is 1. The van der Waals surface area contributed by atoms with Crippen LogP contribution in [0.15, 0.2) is 18.3 Å². The van der Waals surface area contributed by atoms with Gasteiger partial charge in [-0.1, -0.05) is 6.07 Å². The molecule has 0 radical (unpaired) electrons. The second-order valence-electron chi connectivity index (χ2n) is 3.84. The molecule has 92 valence electrons. The molecule has 6 nitrogen and oxygen atoms in total. The molecule has 0 aromatic carbocycles. The number of rotatable bonds is 4. The van der Waals surface area contributed by atoms with Gasteiger partial charge in [-0.2, -0.15) is 0 Å². The molecule has 2 amide bonds. The summed E-state index contributed by atoms with van der Waals surface area (Å²) in [7, 11) is 0. The smallest absolute Gasteiger partial charge is 0.354 e. The minimum Gasteiger partial charge on any atom is -0.477 e. The van der Waals surface area contributed by atoms with Crippen LogP contribution in [-0.2, 0) is 6.54 Å². The van der Waals surface area contributed by atoms with Gasteiger partial charge in [0, 0.05) is 18.8 Å². The number of amides is 2. The number of carbonyl (C=O) groups excluding carboxylic acids is 1. The highest BCUT2D eigenvalue weighted by molar-refractivity contribution is 5.85. The van der Waals surface area contributed by atoms with Crippen LogP contribution in [0, 0.1) is 0 Å². The summed E-state index contributed by atoms with van der Waals surface area (Å²) in [6, 6.07) is 2.83. The van der Waals surface area contributed by atoms with Crippen molar-refractivity contribution >= 4 is 12.0 Å². The lowest BCUT2D eigenvalue weighted by Gasteiger charge is -2.09. The molecule has 1 rings (SSSR count). The SMILES string of the molecule is CC(C)NC(=O)NCc1ccc(C(=O)O)nc1. The number of aromatic nitrogens is 1. The zero-order valence-electron chi connectivity index (χ0n) is 9.73. The van der Waals surface area contributed by atoms with E-state index < -0.39 is 5.97 Å². The number of hydrogen-bond donors (Lipinski definition) is 3. The van der Waals surface area contributed by atoms with Gasteiger partial charge in [0.05, 0.1) is 0 Å². The van der Waals surface area contributed by atoms with Gasteiger partial charge in [-0.3, -0.25) is 0 Å². The Hall–Kier alpha value is -2.11. The van der Waals surface area contributed by atoms with Crippen molar-refractivity contribution in [1.29, 1.82) is 0 Å². The number of nitrogens with zero attached hydrogens (tertiary/aromatic N) is 1. The lowest BCUT2D eigenvalue weighted by molar-refractivity contribution is 0.0690. The van der Waals surface area contributed by atoms with Crippen LogP contribution in [0.5, 0.6) is 0 Å². The van der Waals surface area contributed by atoms with Crippen LogP contribution in [0.4, 0.5) is 4.79 Å². The Bertz CT molecular complexity index is 401. The molecule has 0 aliphatic heterocycles. The number of nitrogens with one attached hydrogen (secondary N) is 2. The Morgan fingerprint density at radius 2 is 2.12 bits per heavy atom. The summed E-state index contributed by atoms with van der Waals surface area (Å²) in [6.07, 6.45) is 1.43. The van der Waals surface area contributed by atoms with E-state index in [1.54, 1.807) is 6.07 Å². The van der Waals surface area contributed by atoms with Gasteiger partial charge in [-0.05, 0) is 25.5 Å². The van der Waals surface area contributed by atoms with Gasteiger partial charge >= 0.3 is 12.0 Å². The molecule has 0 atom stereocenters. The molecule has 1 aromatic heterocycles. The van der Waals surface area contributed by atoms with E-state index in [4.69, 9.17) is 5.11 Å². The summed E-state index contributed by atoms with van der Waals surface area (Å²) in [5, 5.41) is 14.0. The quantitative estimate of drug-likeness (QED) is 0.728. The van der Waals surface area contributed by atoms with Gasteiger partial charge in [0.2, 0.25) is 0 Å². The maximum absolute atomic E-state index is 11.3. The van der Waals surface area contributed by atoms with Crippen molar-refractivity contribution in [3.05, 3.63) is 29.6 Å². The Morgan fingerprint density at radius 1 is 1.41 bits per heavy atom. The van der Waals surface area contributed by atoms with Gasteiger partial charge in [0.1, 0.15) is 5.69 Å². The lowest BCUT2D eigenvalue weighted by atomic mass is 10.2. The van der Waals surface area contributed by atoms with Gasteiger partial charge in [0.25, 0.3) is 0 Å². The number of hydrogen-bond acceptors (Lipinski definition) is 3. The number of urea groups is 1. The van der Waals surface area contributed by atoms with E-state index in [0.717, 1.165) is 5.56 Å². The van der Waals surface area contributed by atoms with Crippen molar-refractivity contribution in [2.24, 2.45) is 0 Å². The van der Waals surface area contributed by atoms with Crippen LogP contribution in [0.25, 0.3) is 0 Å². The first-order chi connectivity index (χ1) is 7.99. The van der Waals surface area contributed by atoms with Crippen LogP contribution in [0.3, 0.4) is 0 Å². The minimum atomic E-state index is -1.07. The molecule has 0 saturated heterocycles. The largest absolute Gasteiger partial charge is 0.477 e. The fourth-order valence-electron chi connectivity index (χ4n) is 1.15. The first-order valence-electron chi connectivity index (χ1n) is 5.21. The Morgan fingerprint density at radius 3 is 2.59 bits per heavy atom. The van der Waals surface area contributed by atoms with Crippen molar-refractivity contribution in [2.45, 2.75) is 26.4 Å². The first kappa shape index (κ1) is 13.0. The molecule has 3 N–H and O–H groups in total. The first-order valence-corrected chi connectivity index (χ1v) is 5.21. The molecule has 0 unspecified atom stereocenters. The van der Waals surface area contributed by atoms with E-state index in [1.807, 2.05) is 13.8 Å². The van der Waals surface area contributed by atoms with Crippen LogP contribution < -0.4 is 10.6 Å². The predicted octanol–water partition coefficient (Wildman–Crippen LogP) is 0.987. The predicted molar refractivity (Wildman–Crippen MR) is 61.7 cm³/mol. The summed E-state index contributed by atoms with van der Waals surface area (Å²) in [5.41, 5.74) is 0.731. The van der Waals surface area contributed by atoms with Crippen molar-refractivity contribution in [3.8, 4) is 0 Å².